The van der Waals surface area contributed by atoms with Crippen LogP contribution in [0.5, 0.6) is 0 Å². The molecule has 0 aliphatic rings. The van der Waals surface area contributed by atoms with E-state index in [1.54, 1.807) is 0 Å². The van der Waals surface area contributed by atoms with Gasteiger partial charge >= 0.3 is 0 Å². The molecule has 22 aromatic rings. The van der Waals surface area contributed by atoms with Crippen LogP contribution in [0.15, 0.2) is 385 Å². The number of anilines is 6. The molecule has 18 aromatic carbocycles. The van der Waals surface area contributed by atoms with Gasteiger partial charge in [-0.2, -0.15) is 0 Å². The molecule has 0 aliphatic heterocycles. The van der Waals surface area contributed by atoms with Crippen LogP contribution in [0.4, 0.5) is 34.1 Å². The molecule has 0 atom stereocenters. The minimum absolute atomic E-state index is 0.800. The van der Waals surface area contributed by atoms with Crippen molar-refractivity contribution in [2.24, 2.45) is 0 Å². The summed E-state index contributed by atoms with van der Waals surface area (Å²) in [5.41, 5.74) is 22.8. The summed E-state index contributed by atoms with van der Waals surface area (Å²) >= 11 is 0. The number of benzene rings is 18. The highest BCUT2D eigenvalue weighted by Gasteiger charge is 2.26. The Labute approximate surface area is 609 Å². The smallest absolute Gasteiger partial charge is 0.137 e. The average molecular weight is 1350 g/mol. The highest BCUT2D eigenvalue weighted by Crippen LogP contribution is 2.50. The Morgan fingerprint density at radius 2 is 0.679 bits per heavy atom. The standard InChI is InChI=1S/C100H62N4O2/c1-3-21-65(22-4-1)79-29-15-17-33-90(79)101(75-46-53-92-88(59-75)85-47-37-68-26-12-14-31-81(68)100(85)104(92)74-42-36-64-20-8-10-28-70(64)56-74)77-44-49-84-89-58-72(40-54-96(89)106-98(84)62-77)71-39-51-91(87(57-71)66-23-5-2-6-24-66)102(78-43-48-83-82-32-16-18-34-95(82)105-97(83)61-78)76-45-50-86-94(60-76)103(73-41-35-63-19-7-9-27-69(63)55-73)93-52-38-67-25-11-13-30-80(67)99(86)93/h1-62H. The number of nitrogens with zero attached hydrogens (tertiary/aromatic N) is 4. The van der Waals surface area contributed by atoms with Crippen molar-refractivity contribution in [3.8, 4) is 44.8 Å². The molecule has 494 valence electrons. The van der Waals surface area contributed by atoms with Crippen LogP contribution >= 0.6 is 0 Å². The van der Waals surface area contributed by atoms with Crippen molar-refractivity contribution in [2.75, 3.05) is 9.80 Å². The van der Waals surface area contributed by atoms with Gasteiger partial charge in [0.15, 0.2) is 0 Å². The van der Waals surface area contributed by atoms with Crippen molar-refractivity contribution in [1.29, 1.82) is 0 Å². The van der Waals surface area contributed by atoms with Gasteiger partial charge in [0.25, 0.3) is 0 Å². The number of para-hydroxylation sites is 2. The van der Waals surface area contributed by atoms with Crippen molar-refractivity contribution < 1.29 is 8.83 Å². The first-order valence-electron chi connectivity index (χ1n) is 36.3. The van der Waals surface area contributed by atoms with Crippen molar-refractivity contribution in [3.05, 3.63) is 376 Å². The van der Waals surface area contributed by atoms with Crippen LogP contribution < -0.4 is 9.80 Å². The van der Waals surface area contributed by atoms with Crippen LogP contribution in [-0.4, -0.2) is 9.13 Å². The van der Waals surface area contributed by atoms with Gasteiger partial charge in [-0.1, -0.05) is 243 Å². The van der Waals surface area contributed by atoms with Gasteiger partial charge in [-0.15, -0.1) is 0 Å². The lowest BCUT2D eigenvalue weighted by Crippen LogP contribution is -2.11. The van der Waals surface area contributed by atoms with Crippen molar-refractivity contribution >= 4 is 165 Å². The Morgan fingerprint density at radius 3 is 1.40 bits per heavy atom. The van der Waals surface area contributed by atoms with Crippen molar-refractivity contribution in [2.45, 2.75) is 0 Å². The molecule has 0 amide bonds. The fourth-order valence-electron chi connectivity index (χ4n) is 17.1. The highest BCUT2D eigenvalue weighted by atomic mass is 16.3. The van der Waals surface area contributed by atoms with E-state index in [2.05, 4.69) is 389 Å². The second kappa shape index (κ2) is 23.7. The summed E-state index contributed by atoms with van der Waals surface area (Å²) in [6, 6.07) is 137. The molecule has 0 saturated heterocycles. The topological polar surface area (TPSA) is 42.6 Å². The van der Waals surface area contributed by atoms with Crippen LogP contribution in [0, 0.1) is 0 Å². The third-order valence-electron chi connectivity index (χ3n) is 22.0. The molecule has 106 heavy (non-hydrogen) atoms. The number of hydrogen-bond donors (Lipinski definition) is 0. The Hall–Kier alpha value is -14.2. The zero-order chi connectivity index (χ0) is 69.5. The third kappa shape index (κ3) is 9.45. The van der Waals surface area contributed by atoms with E-state index in [4.69, 9.17) is 8.83 Å². The van der Waals surface area contributed by atoms with E-state index in [-0.39, 0.29) is 0 Å². The van der Waals surface area contributed by atoms with Gasteiger partial charge in [-0.05, 0) is 181 Å². The van der Waals surface area contributed by atoms with Gasteiger partial charge in [0.2, 0.25) is 0 Å². The monoisotopic (exact) mass is 1350 g/mol. The predicted octanol–water partition coefficient (Wildman–Crippen LogP) is 28.2. The molecule has 4 heterocycles. The van der Waals surface area contributed by atoms with E-state index in [0.29, 0.717) is 0 Å². The van der Waals surface area contributed by atoms with Gasteiger partial charge in [0.1, 0.15) is 22.3 Å². The average Bonchev–Trinajstić information content (AvgIpc) is 1.58. The van der Waals surface area contributed by atoms with Gasteiger partial charge < -0.3 is 27.8 Å². The molecule has 4 aromatic heterocycles. The lowest BCUT2D eigenvalue weighted by Gasteiger charge is -2.28. The zero-order valence-corrected chi connectivity index (χ0v) is 57.4. The van der Waals surface area contributed by atoms with E-state index in [1.165, 1.54) is 70.2 Å². The summed E-state index contributed by atoms with van der Waals surface area (Å²) in [5.74, 6) is 0. The molecule has 0 fully saturated rings. The molecule has 22 rings (SSSR count). The van der Waals surface area contributed by atoms with Gasteiger partial charge in [0.05, 0.1) is 33.4 Å². The summed E-state index contributed by atoms with van der Waals surface area (Å²) in [7, 11) is 0. The molecule has 0 aliphatic carbocycles. The third-order valence-corrected chi connectivity index (χ3v) is 22.0. The molecule has 0 unspecified atom stereocenters. The maximum absolute atomic E-state index is 7.04. The minimum Gasteiger partial charge on any atom is -0.456 e. The largest absolute Gasteiger partial charge is 0.456 e. The maximum atomic E-state index is 7.04. The summed E-state index contributed by atoms with van der Waals surface area (Å²) in [4.78, 5) is 4.84. The Bertz CT molecular complexity index is 7360. The number of furan rings is 2. The minimum atomic E-state index is 0.800. The van der Waals surface area contributed by atoms with E-state index < -0.39 is 0 Å². The van der Waals surface area contributed by atoms with Crippen LogP contribution in [0.25, 0.3) is 175 Å². The molecule has 6 heteroatoms. The second-order valence-electron chi connectivity index (χ2n) is 27.9. The number of hydrogen-bond acceptors (Lipinski definition) is 4. The van der Waals surface area contributed by atoms with E-state index in [0.717, 1.165) is 139 Å². The van der Waals surface area contributed by atoms with Crippen LogP contribution in [0.1, 0.15) is 0 Å². The van der Waals surface area contributed by atoms with Crippen LogP contribution in [-0.2, 0) is 0 Å². The quantitative estimate of drug-likeness (QED) is 0.129. The Kier molecular flexibility index (Phi) is 13.3. The molecule has 0 saturated carbocycles. The summed E-state index contributed by atoms with van der Waals surface area (Å²) in [5, 5.41) is 18.7. The fraction of sp³-hybridized carbons (Fsp3) is 0. The Balaban J connectivity index is 0.704. The summed E-state index contributed by atoms with van der Waals surface area (Å²) in [6.45, 7) is 0. The van der Waals surface area contributed by atoms with Gasteiger partial charge in [-0.25, -0.2) is 0 Å². The molecule has 0 radical (unpaired) electrons. The van der Waals surface area contributed by atoms with E-state index in [1.807, 2.05) is 6.07 Å². The van der Waals surface area contributed by atoms with Crippen molar-refractivity contribution in [1.82, 2.24) is 9.13 Å². The summed E-state index contributed by atoms with van der Waals surface area (Å²) in [6.07, 6.45) is 0. The number of rotatable bonds is 11. The molecular formula is C100H62N4O2. The zero-order valence-electron chi connectivity index (χ0n) is 57.4. The SMILES string of the molecule is c1ccc(-c2ccccc2N(c2ccc3c(c2)oc2ccc(-c4ccc(N(c5ccc6c(c5)oc5ccccc56)c5ccc6c7c8ccccc8ccc7n(-c7ccc8ccccc8c7)c6c5)c(-c5ccccc5)c4)cc23)c2ccc3c(c2)c2ccc4ccccc4c2n3-c2ccc3ccccc3c2)cc1. The maximum Gasteiger partial charge on any atom is 0.137 e. The van der Waals surface area contributed by atoms with E-state index >= 15 is 0 Å². The normalized spacial score (nSPS) is 12.0. The predicted molar refractivity (Wildman–Crippen MR) is 445 cm³/mol. The molecular weight excluding hydrogens is 1290 g/mol. The lowest BCUT2D eigenvalue weighted by atomic mass is 9.95. The molecule has 0 N–H and O–H groups in total. The second-order valence-corrected chi connectivity index (χ2v) is 27.9. The number of aromatic nitrogens is 2. The fourth-order valence-corrected chi connectivity index (χ4v) is 17.1. The number of fused-ring (bicyclic) bond motifs is 18. The van der Waals surface area contributed by atoms with E-state index in [9.17, 15) is 0 Å². The molecule has 6 nitrogen and oxygen atoms in total. The summed E-state index contributed by atoms with van der Waals surface area (Å²) < 4.78 is 18.7. The highest BCUT2D eigenvalue weighted by molar-refractivity contribution is 6.23. The first-order valence-corrected chi connectivity index (χ1v) is 36.3. The van der Waals surface area contributed by atoms with Crippen molar-refractivity contribution in [3.63, 3.8) is 0 Å². The van der Waals surface area contributed by atoms with Gasteiger partial charge in [0, 0.05) is 106 Å². The van der Waals surface area contributed by atoms with Gasteiger partial charge in [-0.3, -0.25) is 0 Å². The molecule has 0 spiro atoms. The van der Waals surface area contributed by atoms with Crippen LogP contribution in [0.3, 0.4) is 0 Å². The first-order chi connectivity index (χ1) is 52.5. The van der Waals surface area contributed by atoms with Crippen LogP contribution in [0.2, 0.25) is 0 Å². The first kappa shape index (κ1) is 59.5. The molecule has 0 bridgehead atoms. The Morgan fingerprint density at radius 1 is 0.208 bits per heavy atom. The lowest BCUT2D eigenvalue weighted by molar-refractivity contribution is 0.668.